The molecule has 1 aliphatic rings. The standard InChI is InChI=1S/C9H18O3/c1-9(2,11-3)8(10)7-4-5-12-6-7/h7-8,10H,4-6H2,1-3H3. The average Bonchev–Trinajstić information content (AvgIpc) is 2.55. The van der Waals surface area contributed by atoms with Gasteiger partial charge in [0.25, 0.3) is 0 Å². The normalized spacial score (nSPS) is 27.5. The molecule has 0 aliphatic carbocycles. The summed E-state index contributed by atoms with van der Waals surface area (Å²) in [6, 6.07) is 0. The quantitative estimate of drug-likeness (QED) is 0.688. The fourth-order valence-electron chi connectivity index (χ4n) is 1.49. The molecule has 1 fully saturated rings. The third-order valence-electron chi connectivity index (χ3n) is 2.65. The fraction of sp³-hybridized carbons (Fsp3) is 1.00. The van der Waals surface area contributed by atoms with E-state index in [1.165, 1.54) is 0 Å². The molecule has 0 aromatic carbocycles. The topological polar surface area (TPSA) is 38.7 Å². The van der Waals surface area contributed by atoms with E-state index < -0.39 is 11.7 Å². The molecule has 12 heavy (non-hydrogen) atoms. The monoisotopic (exact) mass is 174 g/mol. The molecule has 72 valence electrons. The van der Waals surface area contributed by atoms with E-state index >= 15 is 0 Å². The van der Waals surface area contributed by atoms with Gasteiger partial charge in [0.05, 0.1) is 18.3 Å². The number of methoxy groups -OCH3 is 1. The zero-order valence-corrected chi connectivity index (χ0v) is 8.04. The Morgan fingerprint density at radius 1 is 1.58 bits per heavy atom. The number of aliphatic hydroxyl groups excluding tert-OH is 1. The highest BCUT2D eigenvalue weighted by Crippen LogP contribution is 2.26. The van der Waals surface area contributed by atoms with E-state index in [4.69, 9.17) is 9.47 Å². The SMILES string of the molecule is COC(C)(C)C(O)C1CCOC1. The van der Waals surface area contributed by atoms with Gasteiger partial charge in [0, 0.05) is 19.6 Å². The third kappa shape index (κ3) is 1.97. The van der Waals surface area contributed by atoms with Crippen molar-refractivity contribution >= 4 is 0 Å². The van der Waals surface area contributed by atoms with Crippen molar-refractivity contribution in [3.63, 3.8) is 0 Å². The third-order valence-corrected chi connectivity index (χ3v) is 2.65. The predicted molar refractivity (Wildman–Crippen MR) is 46.0 cm³/mol. The van der Waals surface area contributed by atoms with Crippen LogP contribution < -0.4 is 0 Å². The second-order valence-corrected chi connectivity index (χ2v) is 3.88. The summed E-state index contributed by atoms with van der Waals surface area (Å²) in [6.07, 6.45) is 0.513. The first kappa shape index (κ1) is 9.96. The van der Waals surface area contributed by atoms with E-state index in [-0.39, 0.29) is 5.92 Å². The van der Waals surface area contributed by atoms with E-state index in [0.717, 1.165) is 13.0 Å². The molecule has 1 heterocycles. The van der Waals surface area contributed by atoms with Crippen LogP contribution in [0.2, 0.25) is 0 Å². The average molecular weight is 174 g/mol. The van der Waals surface area contributed by atoms with Crippen molar-refractivity contribution in [2.75, 3.05) is 20.3 Å². The molecule has 0 saturated carbocycles. The molecular formula is C9H18O3. The number of hydrogen-bond donors (Lipinski definition) is 1. The summed E-state index contributed by atoms with van der Waals surface area (Å²) in [7, 11) is 1.62. The van der Waals surface area contributed by atoms with Crippen LogP contribution in [0.4, 0.5) is 0 Å². The maximum Gasteiger partial charge on any atom is 0.0884 e. The van der Waals surface area contributed by atoms with Crippen LogP contribution in [0.3, 0.4) is 0 Å². The van der Waals surface area contributed by atoms with Crippen molar-refractivity contribution in [3.05, 3.63) is 0 Å². The Balaban J connectivity index is 2.50. The van der Waals surface area contributed by atoms with Gasteiger partial charge in [0.15, 0.2) is 0 Å². The van der Waals surface area contributed by atoms with Crippen LogP contribution in [0.15, 0.2) is 0 Å². The van der Waals surface area contributed by atoms with Crippen LogP contribution in [0.5, 0.6) is 0 Å². The molecule has 3 nitrogen and oxygen atoms in total. The Kier molecular flexibility index (Phi) is 3.09. The molecule has 1 N–H and O–H groups in total. The summed E-state index contributed by atoms with van der Waals surface area (Å²) in [5.74, 6) is 0.236. The molecule has 1 saturated heterocycles. The summed E-state index contributed by atoms with van der Waals surface area (Å²) < 4.78 is 10.4. The number of hydrogen-bond acceptors (Lipinski definition) is 3. The smallest absolute Gasteiger partial charge is 0.0884 e. The van der Waals surface area contributed by atoms with Gasteiger partial charge in [-0.25, -0.2) is 0 Å². The minimum Gasteiger partial charge on any atom is -0.390 e. The summed E-state index contributed by atoms with van der Waals surface area (Å²) in [4.78, 5) is 0. The lowest BCUT2D eigenvalue weighted by atomic mass is 9.89. The van der Waals surface area contributed by atoms with Crippen molar-refractivity contribution in [2.24, 2.45) is 5.92 Å². The maximum absolute atomic E-state index is 9.87. The first-order valence-electron chi connectivity index (χ1n) is 4.39. The molecule has 0 spiro atoms. The summed E-state index contributed by atoms with van der Waals surface area (Å²) in [5.41, 5.74) is -0.460. The largest absolute Gasteiger partial charge is 0.390 e. The molecule has 2 unspecified atom stereocenters. The Morgan fingerprint density at radius 3 is 2.67 bits per heavy atom. The highest BCUT2D eigenvalue weighted by atomic mass is 16.5. The van der Waals surface area contributed by atoms with Crippen LogP contribution in [-0.2, 0) is 9.47 Å². The van der Waals surface area contributed by atoms with Crippen molar-refractivity contribution in [3.8, 4) is 0 Å². The van der Waals surface area contributed by atoms with Gasteiger partial charge in [-0.3, -0.25) is 0 Å². The van der Waals surface area contributed by atoms with Crippen molar-refractivity contribution in [1.82, 2.24) is 0 Å². The Morgan fingerprint density at radius 2 is 2.25 bits per heavy atom. The van der Waals surface area contributed by atoms with Gasteiger partial charge in [0.1, 0.15) is 0 Å². The van der Waals surface area contributed by atoms with Crippen molar-refractivity contribution < 1.29 is 14.6 Å². The highest BCUT2D eigenvalue weighted by Gasteiger charge is 2.36. The molecule has 1 aliphatic heterocycles. The molecule has 1 rings (SSSR count). The number of ether oxygens (including phenoxy) is 2. The molecular weight excluding hydrogens is 156 g/mol. The van der Waals surface area contributed by atoms with Gasteiger partial charge >= 0.3 is 0 Å². The zero-order valence-electron chi connectivity index (χ0n) is 8.04. The molecule has 3 heteroatoms. The van der Waals surface area contributed by atoms with Crippen LogP contribution in [0, 0.1) is 5.92 Å². The van der Waals surface area contributed by atoms with Gasteiger partial charge in [0.2, 0.25) is 0 Å². The molecule has 0 aromatic rings. The highest BCUT2D eigenvalue weighted by molar-refractivity contribution is 4.86. The predicted octanol–water partition coefficient (Wildman–Crippen LogP) is 0.809. The van der Waals surface area contributed by atoms with Crippen LogP contribution in [0.1, 0.15) is 20.3 Å². The Labute approximate surface area is 73.7 Å². The second-order valence-electron chi connectivity index (χ2n) is 3.88. The van der Waals surface area contributed by atoms with E-state index in [1.807, 2.05) is 13.8 Å². The van der Waals surface area contributed by atoms with Gasteiger partial charge < -0.3 is 14.6 Å². The molecule has 2 atom stereocenters. The van der Waals surface area contributed by atoms with E-state index in [1.54, 1.807) is 7.11 Å². The fourth-order valence-corrected chi connectivity index (χ4v) is 1.49. The Hall–Kier alpha value is -0.120. The minimum atomic E-state index is -0.460. The zero-order chi connectivity index (χ0) is 9.19. The minimum absolute atomic E-state index is 0.236. The second kappa shape index (κ2) is 3.73. The summed E-state index contributed by atoms with van der Waals surface area (Å²) >= 11 is 0. The van der Waals surface area contributed by atoms with E-state index in [0.29, 0.717) is 6.61 Å². The maximum atomic E-state index is 9.87. The number of aliphatic hydroxyl groups is 1. The van der Waals surface area contributed by atoms with Crippen LogP contribution in [-0.4, -0.2) is 37.1 Å². The van der Waals surface area contributed by atoms with Crippen molar-refractivity contribution in [2.45, 2.75) is 32.0 Å². The van der Waals surface area contributed by atoms with E-state index in [9.17, 15) is 5.11 Å². The lowest BCUT2D eigenvalue weighted by molar-refractivity contribution is -0.101. The summed E-state index contributed by atoms with van der Waals surface area (Å²) in [6.45, 7) is 5.22. The molecule has 0 aromatic heterocycles. The first-order chi connectivity index (χ1) is 5.58. The number of rotatable bonds is 3. The lowest BCUT2D eigenvalue weighted by Crippen LogP contribution is -2.43. The first-order valence-corrected chi connectivity index (χ1v) is 4.39. The Bertz CT molecular complexity index is 139. The van der Waals surface area contributed by atoms with Gasteiger partial charge in [-0.1, -0.05) is 0 Å². The van der Waals surface area contributed by atoms with Crippen LogP contribution in [0.25, 0.3) is 0 Å². The van der Waals surface area contributed by atoms with Crippen LogP contribution >= 0.6 is 0 Å². The van der Waals surface area contributed by atoms with Gasteiger partial charge in [-0.05, 0) is 20.3 Å². The van der Waals surface area contributed by atoms with Gasteiger partial charge in [-0.15, -0.1) is 0 Å². The van der Waals surface area contributed by atoms with Crippen molar-refractivity contribution in [1.29, 1.82) is 0 Å². The lowest BCUT2D eigenvalue weighted by Gasteiger charge is -2.32. The molecule has 0 bridgehead atoms. The molecule has 0 amide bonds. The van der Waals surface area contributed by atoms with E-state index in [2.05, 4.69) is 0 Å². The molecule has 0 radical (unpaired) electrons. The van der Waals surface area contributed by atoms with Gasteiger partial charge in [-0.2, -0.15) is 0 Å². The summed E-state index contributed by atoms with van der Waals surface area (Å²) in [5, 5.41) is 9.87.